The fourth-order valence-electron chi connectivity index (χ4n) is 3.85. The van der Waals surface area contributed by atoms with Gasteiger partial charge in [0, 0.05) is 22.9 Å². The van der Waals surface area contributed by atoms with Gasteiger partial charge in [0.05, 0.1) is 18.0 Å². The maximum atomic E-state index is 6.04. The van der Waals surface area contributed by atoms with Crippen molar-refractivity contribution in [1.82, 2.24) is 9.78 Å². The van der Waals surface area contributed by atoms with Gasteiger partial charge < -0.3 is 9.47 Å². The van der Waals surface area contributed by atoms with Gasteiger partial charge >= 0.3 is 0 Å². The van der Waals surface area contributed by atoms with Gasteiger partial charge in [-0.25, -0.2) is 9.67 Å². The lowest BCUT2D eigenvalue weighted by atomic mass is 10.1. The smallest absolute Gasteiger partial charge is 0.161 e. The Hall–Kier alpha value is -4.35. The highest BCUT2D eigenvalue weighted by molar-refractivity contribution is 6.30. The molecule has 0 unspecified atom stereocenters. The van der Waals surface area contributed by atoms with Crippen LogP contribution in [0.4, 0.5) is 5.82 Å². The zero-order chi connectivity index (χ0) is 25.5. The van der Waals surface area contributed by atoms with E-state index in [1.807, 2.05) is 127 Å². The normalized spacial score (nSPS) is 11.1. The van der Waals surface area contributed by atoms with E-state index in [4.69, 9.17) is 31.2 Å². The predicted octanol–water partition coefficient (Wildman–Crippen LogP) is 7.92. The van der Waals surface area contributed by atoms with Gasteiger partial charge in [-0.3, -0.25) is 0 Å². The highest BCUT2D eigenvalue weighted by Crippen LogP contribution is 2.30. The minimum Gasteiger partial charge on any atom is -0.490 e. The van der Waals surface area contributed by atoms with E-state index in [9.17, 15) is 0 Å². The van der Waals surface area contributed by atoms with E-state index < -0.39 is 0 Å². The van der Waals surface area contributed by atoms with Crippen molar-refractivity contribution in [2.24, 2.45) is 4.99 Å². The zero-order valence-corrected chi connectivity index (χ0v) is 21.2. The number of aliphatic imine (C=N–C) groups is 1. The molecule has 0 bridgehead atoms. The Kier molecular flexibility index (Phi) is 7.63. The van der Waals surface area contributed by atoms with Gasteiger partial charge in [-0.1, -0.05) is 72.3 Å². The van der Waals surface area contributed by atoms with Crippen LogP contribution in [0, 0.1) is 0 Å². The number of hydrogen-bond acceptors (Lipinski definition) is 4. The average Bonchev–Trinajstić information content (AvgIpc) is 3.38. The molecule has 1 heterocycles. The van der Waals surface area contributed by atoms with Gasteiger partial charge in [0.1, 0.15) is 6.61 Å². The maximum Gasteiger partial charge on any atom is 0.161 e. The lowest BCUT2D eigenvalue weighted by Crippen LogP contribution is -2.00. The van der Waals surface area contributed by atoms with E-state index in [-0.39, 0.29) is 0 Å². The predicted molar refractivity (Wildman–Crippen MR) is 150 cm³/mol. The number of halogens is 1. The Balaban J connectivity index is 1.42. The summed E-state index contributed by atoms with van der Waals surface area (Å²) in [6.07, 6.45) is 1.82. The minimum atomic E-state index is 0.420. The summed E-state index contributed by atoms with van der Waals surface area (Å²) in [4.78, 5) is 4.80. The molecule has 5 nitrogen and oxygen atoms in total. The molecule has 0 aliphatic rings. The Bertz CT molecular complexity index is 1480. The van der Waals surface area contributed by atoms with Crippen LogP contribution >= 0.6 is 11.6 Å². The topological polar surface area (TPSA) is 48.6 Å². The molecule has 1 aromatic heterocycles. The molecule has 0 radical (unpaired) electrons. The number of ether oxygens (including phenoxy) is 2. The molecule has 0 saturated carbocycles. The van der Waals surface area contributed by atoms with Gasteiger partial charge in [-0.05, 0) is 60.5 Å². The SMILES string of the molecule is CCOc1cc(C=Nc2cc(-c3ccccc3)nn2-c2ccccc2)ccc1OCc1ccc(Cl)cc1. The molecule has 4 aromatic carbocycles. The van der Waals surface area contributed by atoms with E-state index in [1.54, 1.807) is 0 Å². The first-order chi connectivity index (χ1) is 18.2. The third-order valence-electron chi connectivity index (χ3n) is 5.68. The standard InChI is InChI=1S/C31H26ClN3O2/c1-2-36-30-19-24(15-18-29(30)37-22-23-13-16-26(32)17-14-23)21-33-31-20-28(25-9-5-3-6-10-25)34-35(31)27-11-7-4-8-12-27/h3-21H,2,22H2,1H3. The lowest BCUT2D eigenvalue weighted by molar-refractivity contribution is 0.269. The van der Waals surface area contributed by atoms with Gasteiger partial charge in [0.15, 0.2) is 17.3 Å². The number of rotatable bonds is 9. The fourth-order valence-corrected chi connectivity index (χ4v) is 3.97. The number of para-hydroxylation sites is 1. The van der Waals surface area contributed by atoms with E-state index in [0.29, 0.717) is 29.7 Å². The first-order valence-corrected chi connectivity index (χ1v) is 12.5. The summed E-state index contributed by atoms with van der Waals surface area (Å²) in [6, 6.07) is 35.5. The molecule has 6 heteroatoms. The van der Waals surface area contributed by atoms with Gasteiger partial charge in [0.25, 0.3) is 0 Å². The second-order valence-electron chi connectivity index (χ2n) is 8.31. The molecule has 184 valence electrons. The van der Waals surface area contributed by atoms with Crippen LogP contribution in [0.25, 0.3) is 16.9 Å². The minimum absolute atomic E-state index is 0.420. The quantitative estimate of drug-likeness (QED) is 0.190. The lowest BCUT2D eigenvalue weighted by Gasteiger charge is -2.12. The second kappa shape index (κ2) is 11.6. The summed E-state index contributed by atoms with van der Waals surface area (Å²) in [6.45, 7) is 2.90. The molecule has 5 rings (SSSR count). The second-order valence-corrected chi connectivity index (χ2v) is 8.75. The van der Waals surface area contributed by atoms with Crippen molar-refractivity contribution >= 4 is 23.6 Å². The highest BCUT2D eigenvalue weighted by Gasteiger charge is 2.11. The van der Waals surface area contributed by atoms with Crippen LogP contribution in [-0.4, -0.2) is 22.6 Å². The van der Waals surface area contributed by atoms with E-state index in [1.165, 1.54) is 0 Å². The zero-order valence-electron chi connectivity index (χ0n) is 20.4. The molecule has 37 heavy (non-hydrogen) atoms. The monoisotopic (exact) mass is 507 g/mol. The summed E-state index contributed by atoms with van der Waals surface area (Å²) in [5, 5.41) is 5.53. The number of hydrogen-bond donors (Lipinski definition) is 0. The van der Waals surface area contributed by atoms with E-state index in [0.717, 1.165) is 33.9 Å². The third-order valence-corrected chi connectivity index (χ3v) is 5.93. The number of aromatic nitrogens is 2. The van der Waals surface area contributed by atoms with Crippen LogP contribution < -0.4 is 9.47 Å². The molecule has 5 aromatic rings. The fraction of sp³-hybridized carbons (Fsp3) is 0.0968. The van der Waals surface area contributed by atoms with Crippen LogP contribution in [-0.2, 0) is 6.61 Å². The molecule has 0 saturated heterocycles. The molecule has 0 aliphatic heterocycles. The summed E-state index contributed by atoms with van der Waals surface area (Å²) in [5.74, 6) is 2.07. The van der Waals surface area contributed by atoms with Crippen molar-refractivity contribution in [3.05, 3.63) is 125 Å². The van der Waals surface area contributed by atoms with Crippen LogP contribution in [0.1, 0.15) is 18.1 Å². The number of benzene rings is 4. The van der Waals surface area contributed by atoms with Crippen molar-refractivity contribution in [3.8, 4) is 28.4 Å². The van der Waals surface area contributed by atoms with Crippen LogP contribution in [0.2, 0.25) is 5.02 Å². The van der Waals surface area contributed by atoms with Crippen LogP contribution in [0.3, 0.4) is 0 Å². The Morgan fingerprint density at radius 1 is 0.811 bits per heavy atom. The Labute approximate surface area is 221 Å². The van der Waals surface area contributed by atoms with Crippen molar-refractivity contribution in [2.75, 3.05) is 6.61 Å². The van der Waals surface area contributed by atoms with Crippen molar-refractivity contribution < 1.29 is 9.47 Å². The van der Waals surface area contributed by atoms with Gasteiger partial charge in [0.2, 0.25) is 0 Å². The van der Waals surface area contributed by atoms with Crippen molar-refractivity contribution in [2.45, 2.75) is 13.5 Å². The molecule has 0 N–H and O–H groups in total. The van der Waals surface area contributed by atoms with E-state index in [2.05, 4.69) is 0 Å². The molecular formula is C31H26ClN3O2. The van der Waals surface area contributed by atoms with Crippen molar-refractivity contribution in [1.29, 1.82) is 0 Å². The highest BCUT2D eigenvalue weighted by atomic mass is 35.5. The first kappa shape index (κ1) is 24.3. The summed E-state index contributed by atoms with van der Waals surface area (Å²) in [5.41, 5.74) is 4.76. The Morgan fingerprint density at radius 3 is 2.27 bits per heavy atom. The molecule has 0 spiro atoms. The number of nitrogens with zero attached hydrogens (tertiary/aromatic N) is 3. The average molecular weight is 508 g/mol. The van der Waals surface area contributed by atoms with Gasteiger partial charge in [-0.2, -0.15) is 5.10 Å². The largest absolute Gasteiger partial charge is 0.490 e. The Morgan fingerprint density at radius 2 is 1.54 bits per heavy atom. The van der Waals surface area contributed by atoms with Crippen molar-refractivity contribution in [3.63, 3.8) is 0 Å². The first-order valence-electron chi connectivity index (χ1n) is 12.1. The summed E-state index contributed by atoms with van der Waals surface area (Å²) >= 11 is 5.99. The van der Waals surface area contributed by atoms with Crippen LogP contribution in [0.15, 0.2) is 114 Å². The molecule has 0 amide bonds. The molecular weight excluding hydrogens is 482 g/mol. The van der Waals surface area contributed by atoms with Gasteiger partial charge in [-0.15, -0.1) is 0 Å². The molecule has 0 fully saturated rings. The molecule has 0 atom stereocenters. The summed E-state index contributed by atoms with van der Waals surface area (Å²) in [7, 11) is 0. The van der Waals surface area contributed by atoms with E-state index >= 15 is 0 Å². The molecule has 0 aliphatic carbocycles. The maximum absolute atomic E-state index is 6.04. The third kappa shape index (κ3) is 6.08. The van der Waals surface area contributed by atoms with Crippen LogP contribution in [0.5, 0.6) is 11.5 Å². The summed E-state index contributed by atoms with van der Waals surface area (Å²) < 4.78 is 13.8.